The van der Waals surface area contributed by atoms with Crippen LogP contribution in [0.25, 0.3) is 0 Å². The number of para-hydroxylation sites is 6. The molecule has 0 atom stereocenters. The van der Waals surface area contributed by atoms with Crippen molar-refractivity contribution in [3.8, 4) is 34.5 Å². The Morgan fingerprint density at radius 3 is 0.758 bits per heavy atom. The van der Waals surface area contributed by atoms with Gasteiger partial charge in [0.05, 0.1) is 22.3 Å². The minimum absolute atomic E-state index is 0.0273. The van der Waals surface area contributed by atoms with Crippen molar-refractivity contribution in [2.75, 3.05) is 0 Å². The van der Waals surface area contributed by atoms with E-state index in [0.29, 0.717) is 11.1 Å². The molecule has 0 fully saturated rings. The molecule has 0 amide bonds. The van der Waals surface area contributed by atoms with Crippen LogP contribution in [0.3, 0.4) is 0 Å². The maximum Gasteiger partial charge on any atom is 0.347 e. The summed E-state index contributed by atoms with van der Waals surface area (Å²) in [4.78, 5) is 78.7. The summed E-state index contributed by atoms with van der Waals surface area (Å²) in [5.41, 5.74) is 2.53. The number of rotatable bonds is 12. The lowest BCUT2D eigenvalue weighted by Gasteiger charge is -2.13. The SMILES string of the molecule is Cc1ccc(C(=O)Oc2ccccc2C(=O)Oc2ccccc2OC(=O)c2ccc(C(=O)Oc3ccccc3OC(=O)c3ccccc3OC(=O)c3ccc(C)cc3)cc2)cc1. The molecule has 7 aromatic rings. The van der Waals surface area contributed by atoms with E-state index in [1.807, 2.05) is 13.8 Å². The van der Waals surface area contributed by atoms with E-state index < -0.39 is 35.8 Å². The normalized spacial score (nSPS) is 10.5. The molecule has 0 unspecified atom stereocenters. The van der Waals surface area contributed by atoms with Gasteiger partial charge in [-0.25, -0.2) is 28.8 Å². The highest BCUT2D eigenvalue weighted by atomic mass is 16.6. The van der Waals surface area contributed by atoms with E-state index in [-0.39, 0.29) is 56.8 Å². The minimum atomic E-state index is -0.871. The summed E-state index contributed by atoms with van der Waals surface area (Å²) in [5, 5.41) is 0. The molecule has 12 nitrogen and oxygen atoms in total. The second kappa shape index (κ2) is 19.0. The lowest BCUT2D eigenvalue weighted by Crippen LogP contribution is -2.16. The molecular weight excluding hydrogens is 793 g/mol. The predicted octanol–water partition coefficient (Wildman–Crippen LogP) is 9.62. The number of aryl methyl sites for hydroxylation is 2. The standard InChI is InChI=1S/C50H34O12/c1-31-19-23-33(24-20-31)45(51)57-39-13-5-3-11-37(39)49(55)61-43-17-9-7-15-41(43)59-47(53)35-27-29-36(30-28-35)48(54)60-42-16-8-10-18-44(42)62-50(56)38-12-4-6-14-40(38)58-46(52)34-25-21-32(2)22-26-34/h3-30H,1-2H3. The first-order chi connectivity index (χ1) is 30.0. The van der Waals surface area contributed by atoms with Crippen molar-refractivity contribution < 1.29 is 57.2 Å². The molecule has 62 heavy (non-hydrogen) atoms. The summed E-state index contributed by atoms with van der Waals surface area (Å²) in [6, 6.07) is 43.0. The van der Waals surface area contributed by atoms with Crippen LogP contribution < -0.4 is 28.4 Å². The number of benzene rings is 7. The van der Waals surface area contributed by atoms with E-state index in [4.69, 9.17) is 28.4 Å². The van der Waals surface area contributed by atoms with Crippen molar-refractivity contribution >= 4 is 35.8 Å². The Bertz CT molecular complexity index is 2620. The van der Waals surface area contributed by atoms with Gasteiger partial charge < -0.3 is 28.4 Å². The van der Waals surface area contributed by atoms with Crippen molar-refractivity contribution in [1.29, 1.82) is 0 Å². The van der Waals surface area contributed by atoms with Crippen molar-refractivity contribution in [3.05, 3.63) is 214 Å². The fourth-order valence-corrected chi connectivity index (χ4v) is 5.75. The predicted molar refractivity (Wildman–Crippen MR) is 224 cm³/mol. The largest absolute Gasteiger partial charge is 0.422 e. The summed E-state index contributed by atoms with van der Waals surface area (Å²) in [5.74, 6) is -5.12. The fourth-order valence-electron chi connectivity index (χ4n) is 5.75. The van der Waals surface area contributed by atoms with Crippen LogP contribution in [0.2, 0.25) is 0 Å². The van der Waals surface area contributed by atoms with Gasteiger partial charge in [-0.15, -0.1) is 0 Å². The Hall–Kier alpha value is -8.64. The molecule has 0 heterocycles. The molecule has 7 rings (SSSR count). The molecule has 0 bridgehead atoms. The van der Waals surface area contributed by atoms with Gasteiger partial charge >= 0.3 is 35.8 Å². The summed E-state index contributed by atoms with van der Waals surface area (Å²) in [7, 11) is 0. The van der Waals surface area contributed by atoms with Crippen LogP contribution in [-0.2, 0) is 0 Å². The van der Waals surface area contributed by atoms with Gasteiger partial charge in [-0.3, -0.25) is 0 Å². The molecule has 0 N–H and O–H groups in total. The number of ether oxygens (including phenoxy) is 6. The van der Waals surface area contributed by atoms with Crippen LogP contribution in [0.4, 0.5) is 0 Å². The highest BCUT2D eigenvalue weighted by Crippen LogP contribution is 2.32. The number of esters is 6. The molecule has 12 heteroatoms. The highest BCUT2D eigenvalue weighted by Gasteiger charge is 2.23. The molecule has 0 saturated heterocycles. The zero-order chi connectivity index (χ0) is 43.6. The van der Waals surface area contributed by atoms with E-state index in [0.717, 1.165) is 11.1 Å². The van der Waals surface area contributed by atoms with Gasteiger partial charge in [0, 0.05) is 0 Å². The van der Waals surface area contributed by atoms with Crippen LogP contribution in [0.5, 0.6) is 34.5 Å². The Balaban J connectivity index is 0.981. The molecule has 7 aromatic carbocycles. The molecule has 0 saturated carbocycles. The van der Waals surface area contributed by atoms with Gasteiger partial charge in [-0.05, 0) is 111 Å². The molecule has 0 aliphatic carbocycles. The van der Waals surface area contributed by atoms with Crippen LogP contribution >= 0.6 is 0 Å². The number of carbonyl (C=O) groups is 6. The summed E-state index contributed by atoms with van der Waals surface area (Å²) in [6.07, 6.45) is 0. The van der Waals surface area contributed by atoms with E-state index in [2.05, 4.69) is 0 Å². The smallest absolute Gasteiger partial charge is 0.347 e. The summed E-state index contributed by atoms with van der Waals surface area (Å²) < 4.78 is 33.4. The van der Waals surface area contributed by atoms with Gasteiger partial charge in [0.2, 0.25) is 0 Å². The molecule has 0 aliphatic rings. The van der Waals surface area contributed by atoms with Gasteiger partial charge in [0.1, 0.15) is 22.6 Å². The quantitative estimate of drug-likeness (QED) is 0.0850. The average Bonchev–Trinajstić information content (AvgIpc) is 3.28. The second-order valence-electron chi connectivity index (χ2n) is 13.5. The van der Waals surface area contributed by atoms with Crippen molar-refractivity contribution in [2.45, 2.75) is 13.8 Å². The first-order valence-electron chi connectivity index (χ1n) is 18.9. The second-order valence-corrected chi connectivity index (χ2v) is 13.5. The minimum Gasteiger partial charge on any atom is -0.422 e. The molecule has 0 spiro atoms. The fraction of sp³-hybridized carbons (Fsp3) is 0.0400. The Labute approximate surface area is 354 Å². The van der Waals surface area contributed by atoms with Crippen LogP contribution in [0, 0.1) is 13.8 Å². The molecular formula is C50H34O12. The molecule has 0 aromatic heterocycles. The van der Waals surface area contributed by atoms with Crippen LogP contribution in [0.15, 0.2) is 170 Å². The molecule has 306 valence electrons. The number of hydrogen-bond donors (Lipinski definition) is 0. The first kappa shape index (κ1) is 41.5. The Morgan fingerprint density at radius 1 is 0.258 bits per heavy atom. The number of carbonyl (C=O) groups excluding carboxylic acids is 6. The first-order valence-corrected chi connectivity index (χ1v) is 18.9. The Morgan fingerprint density at radius 2 is 0.468 bits per heavy atom. The third-order valence-electron chi connectivity index (χ3n) is 9.06. The van der Waals surface area contributed by atoms with E-state index in [1.54, 1.807) is 97.1 Å². The monoisotopic (exact) mass is 826 g/mol. The highest BCUT2D eigenvalue weighted by molar-refractivity contribution is 5.99. The lowest BCUT2D eigenvalue weighted by atomic mass is 10.1. The summed E-state index contributed by atoms with van der Waals surface area (Å²) >= 11 is 0. The van der Waals surface area contributed by atoms with Gasteiger partial charge in [-0.1, -0.05) is 83.9 Å². The maximum absolute atomic E-state index is 13.3. The zero-order valence-electron chi connectivity index (χ0n) is 33.1. The van der Waals surface area contributed by atoms with Gasteiger partial charge in [0.15, 0.2) is 23.0 Å². The van der Waals surface area contributed by atoms with Crippen LogP contribution in [-0.4, -0.2) is 35.8 Å². The zero-order valence-corrected chi connectivity index (χ0v) is 33.1. The lowest BCUT2D eigenvalue weighted by molar-refractivity contribution is 0.0666. The Kier molecular flexibility index (Phi) is 12.7. The van der Waals surface area contributed by atoms with Crippen molar-refractivity contribution in [3.63, 3.8) is 0 Å². The van der Waals surface area contributed by atoms with Crippen molar-refractivity contribution in [1.82, 2.24) is 0 Å². The topological polar surface area (TPSA) is 158 Å². The van der Waals surface area contributed by atoms with Crippen molar-refractivity contribution in [2.24, 2.45) is 0 Å². The molecule has 0 radical (unpaired) electrons. The maximum atomic E-state index is 13.3. The van der Waals surface area contributed by atoms with Gasteiger partial charge in [-0.2, -0.15) is 0 Å². The average molecular weight is 827 g/mol. The van der Waals surface area contributed by atoms with Gasteiger partial charge in [0.25, 0.3) is 0 Å². The number of hydrogen-bond acceptors (Lipinski definition) is 12. The summed E-state index contributed by atoms with van der Waals surface area (Å²) in [6.45, 7) is 3.77. The third kappa shape index (κ3) is 10.1. The molecule has 0 aliphatic heterocycles. The van der Waals surface area contributed by atoms with E-state index in [1.165, 1.54) is 72.8 Å². The van der Waals surface area contributed by atoms with Crippen LogP contribution in [0.1, 0.15) is 73.3 Å². The third-order valence-corrected chi connectivity index (χ3v) is 9.06. The van der Waals surface area contributed by atoms with E-state index in [9.17, 15) is 28.8 Å². The van der Waals surface area contributed by atoms with E-state index >= 15 is 0 Å².